The number of amides is 1. The summed E-state index contributed by atoms with van der Waals surface area (Å²) in [7, 11) is 0. The first-order chi connectivity index (χ1) is 10.3. The Bertz CT molecular complexity index is 463. The van der Waals surface area contributed by atoms with Crippen molar-refractivity contribution in [1.82, 2.24) is 5.32 Å². The molecule has 0 spiro atoms. The van der Waals surface area contributed by atoms with Crippen LogP contribution in [0.5, 0.6) is 0 Å². The molecule has 0 aromatic heterocycles. The number of aliphatic hydroxyl groups is 1. The van der Waals surface area contributed by atoms with Gasteiger partial charge >= 0.3 is 6.09 Å². The van der Waals surface area contributed by atoms with Crippen LogP contribution in [-0.2, 0) is 18.9 Å². The maximum absolute atomic E-state index is 11.9. The second kappa shape index (κ2) is 5.86. The number of hydrogen-bond acceptors (Lipinski definition) is 7. The lowest BCUT2D eigenvalue weighted by Gasteiger charge is -2.45. The maximum Gasteiger partial charge on any atom is 0.407 e. The number of rotatable bonds is 2. The second-order valence-electron chi connectivity index (χ2n) is 7.77. The Balaban J connectivity index is 2.08. The summed E-state index contributed by atoms with van der Waals surface area (Å²) >= 11 is 0. The molecule has 8 heteroatoms. The Morgan fingerprint density at radius 3 is 2.43 bits per heavy atom. The number of alkyl carbamates (subject to hydrolysis) is 1. The molecule has 134 valence electrons. The van der Waals surface area contributed by atoms with Crippen molar-refractivity contribution in [2.75, 3.05) is 6.54 Å². The Morgan fingerprint density at radius 2 is 1.87 bits per heavy atom. The summed E-state index contributed by atoms with van der Waals surface area (Å²) in [4.78, 5) is 11.9. The van der Waals surface area contributed by atoms with Gasteiger partial charge in [-0.25, -0.2) is 4.79 Å². The average Bonchev–Trinajstić information content (AvgIpc) is 2.69. The highest BCUT2D eigenvalue weighted by Gasteiger charge is 2.59. The number of nitrogens with two attached hydrogens (primary N) is 1. The second-order valence-corrected chi connectivity index (χ2v) is 7.77. The standard InChI is InChI=1S/C15H28N2O6/c1-13(2,3)23-12(19)17-7-15(6)10-9(8(16)11(18)22-15)20-14(4,5)21-10/h8-11,18H,7,16H2,1-6H3,(H,17,19)/t8-,9-,10-,11?,15-/m1/s1. The van der Waals surface area contributed by atoms with E-state index in [2.05, 4.69) is 5.32 Å². The molecule has 0 aromatic carbocycles. The monoisotopic (exact) mass is 332 g/mol. The van der Waals surface area contributed by atoms with Crippen molar-refractivity contribution in [3.63, 3.8) is 0 Å². The van der Waals surface area contributed by atoms with E-state index in [1.54, 1.807) is 41.5 Å². The van der Waals surface area contributed by atoms with Gasteiger partial charge in [0.2, 0.25) is 0 Å². The number of nitrogens with one attached hydrogen (secondary N) is 1. The minimum atomic E-state index is -1.21. The van der Waals surface area contributed by atoms with E-state index >= 15 is 0 Å². The Kier molecular flexibility index (Phi) is 4.69. The summed E-state index contributed by atoms with van der Waals surface area (Å²) in [6.07, 6.45) is -2.83. The van der Waals surface area contributed by atoms with Crippen molar-refractivity contribution >= 4 is 6.09 Å². The van der Waals surface area contributed by atoms with E-state index in [0.29, 0.717) is 0 Å². The van der Waals surface area contributed by atoms with Gasteiger partial charge in [-0.1, -0.05) is 0 Å². The highest BCUT2D eigenvalue weighted by Crippen LogP contribution is 2.41. The minimum absolute atomic E-state index is 0.0896. The zero-order valence-corrected chi connectivity index (χ0v) is 14.6. The lowest BCUT2D eigenvalue weighted by Crippen LogP contribution is -2.67. The van der Waals surface area contributed by atoms with Crippen molar-refractivity contribution in [3.8, 4) is 0 Å². The molecule has 2 aliphatic rings. The zero-order valence-electron chi connectivity index (χ0n) is 14.6. The smallest absolute Gasteiger partial charge is 0.407 e. The molecule has 0 aliphatic carbocycles. The van der Waals surface area contributed by atoms with Gasteiger partial charge < -0.3 is 35.1 Å². The predicted octanol–water partition coefficient (Wildman–Crippen LogP) is 0.466. The molecule has 2 heterocycles. The van der Waals surface area contributed by atoms with Gasteiger partial charge in [0.25, 0.3) is 0 Å². The third-order valence-electron chi connectivity index (χ3n) is 3.81. The molecule has 1 amide bonds. The third kappa shape index (κ3) is 4.13. The molecular formula is C15H28N2O6. The van der Waals surface area contributed by atoms with Crippen LogP contribution in [0.3, 0.4) is 0 Å². The molecule has 1 unspecified atom stereocenters. The van der Waals surface area contributed by atoms with Crippen LogP contribution >= 0.6 is 0 Å². The van der Waals surface area contributed by atoms with Gasteiger partial charge in [-0.2, -0.15) is 0 Å². The van der Waals surface area contributed by atoms with Gasteiger partial charge in [0.05, 0.1) is 12.6 Å². The van der Waals surface area contributed by atoms with E-state index in [-0.39, 0.29) is 6.54 Å². The lowest BCUT2D eigenvalue weighted by molar-refractivity contribution is -0.260. The van der Waals surface area contributed by atoms with Crippen molar-refractivity contribution in [2.45, 2.75) is 83.1 Å². The van der Waals surface area contributed by atoms with Gasteiger partial charge in [-0.3, -0.25) is 0 Å². The summed E-state index contributed by atoms with van der Waals surface area (Å²) in [5.41, 5.74) is 4.36. The molecule has 23 heavy (non-hydrogen) atoms. The SMILES string of the molecule is CC(C)(C)OC(=O)NC[C@@]1(C)OC(O)[C@H](N)[C@H]2OC(C)(C)O[C@H]21. The van der Waals surface area contributed by atoms with Crippen LogP contribution < -0.4 is 11.1 Å². The topological polar surface area (TPSA) is 112 Å². The molecule has 2 saturated heterocycles. The normalized spacial score (nSPS) is 39.7. The highest BCUT2D eigenvalue weighted by molar-refractivity contribution is 5.67. The Morgan fingerprint density at radius 1 is 1.26 bits per heavy atom. The first kappa shape index (κ1) is 18.4. The van der Waals surface area contributed by atoms with Gasteiger partial charge in [0.1, 0.15) is 23.4 Å². The number of ether oxygens (including phenoxy) is 4. The average molecular weight is 332 g/mol. The summed E-state index contributed by atoms with van der Waals surface area (Å²) in [6, 6.07) is -0.726. The molecule has 5 atom stereocenters. The molecule has 2 fully saturated rings. The number of carbonyl (C=O) groups excluding carboxylic acids is 1. The molecule has 0 bridgehead atoms. The van der Waals surface area contributed by atoms with E-state index in [4.69, 9.17) is 24.7 Å². The van der Waals surface area contributed by atoms with Crippen molar-refractivity contribution in [1.29, 1.82) is 0 Å². The first-order valence-electron chi connectivity index (χ1n) is 7.77. The quantitative estimate of drug-likeness (QED) is 0.673. The zero-order chi connectivity index (χ0) is 17.6. The van der Waals surface area contributed by atoms with Crippen LogP contribution in [0.2, 0.25) is 0 Å². The minimum Gasteiger partial charge on any atom is -0.444 e. The van der Waals surface area contributed by atoms with Crippen molar-refractivity contribution in [2.24, 2.45) is 5.73 Å². The number of fused-ring (bicyclic) bond motifs is 1. The van der Waals surface area contributed by atoms with Crippen molar-refractivity contribution < 1.29 is 28.8 Å². The van der Waals surface area contributed by atoms with Crippen LogP contribution in [0.1, 0.15) is 41.5 Å². The van der Waals surface area contributed by atoms with Gasteiger partial charge in [-0.05, 0) is 41.5 Å². The molecule has 2 rings (SSSR count). The van der Waals surface area contributed by atoms with Gasteiger partial charge in [0, 0.05) is 0 Å². The fraction of sp³-hybridized carbons (Fsp3) is 0.933. The van der Waals surface area contributed by atoms with Gasteiger partial charge in [-0.15, -0.1) is 0 Å². The van der Waals surface area contributed by atoms with Gasteiger partial charge in [0.15, 0.2) is 12.1 Å². The summed E-state index contributed by atoms with van der Waals surface area (Å²) < 4.78 is 22.5. The lowest BCUT2D eigenvalue weighted by atomic mass is 9.87. The van der Waals surface area contributed by atoms with E-state index < -0.39 is 47.6 Å². The van der Waals surface area contributed by atoms with E-state index in [0.717, 1.165) is 0 Å². The molecule has 0 aromatic rings. The molecule has 2 aliphatic heterocycles. The van der Waals surface area contributed by atoms with Crippen LogP contribution in [0.4, 0.5) is 4.79 Å². The third-order valence-corrected chi connectivity index (χ3v) is 3.81. The maximum atomic E-state index is 11.9. The molecule has 0 radical (unpaired) electrons. The summed E-state index contributed by atoms with van der Waals surface area (Å²) in [6.45, 7) is 10.7. The predicted molar refractivity (Wildman–Crippen MR) is 81.5 cm³/mol. The fourth-order valence-corrected chi connectivity index (χ4v) is 2.83. The molecule has 0 saturated carbocycles. The number of carbonyl (C=O) groups is 1. The van der Waals surface area contributed by atoms with Crippen LogP contribution in [0.25, 0.3) is 0 Å². The van der Waals surface area contributed by atoms with E-state index in [1.807, 2.05) is 0 Å². The highest BCUT2D eigenvalue weighted by atomic mass is 16.8. The number of hydrogen-bond donors (Lipinski definition) is 3. The fourth-order valence-electron chi connectivity index (χ4n) is 2.83. The van der Waals surface area contributed by atoms with E-state index in [9.17, 15) is 9.90 Å². The van der Waals surface area contributed by atoms with Crippen LogP contribution in [-0.4, -0.2) is 59.3 Å². The van der Waals surface area contributed by atoms with Crippen molar-refractivity contribution in [3.05, 3.63) is 0 Å². The molecule has 4 N–H and O–H groups in total. The summed E-state index contributed by atoms with van der Waals surface area (Å²) in [5.74, 6) is -0.840. The van der Waals surface area contributed by atoms with Crippen LogP contribution in [0.15, 0.2) is 0 Å². The molecular weight excluding hydrogens is 304 g/mol. The number of aliphatic hydroxyl groups excluding tert-OH is 1. The Hall–Kier alpha value is -0.930. The summed E-state index contributed by atoms with van der Waals surface area (Å²) in [5, 5.41) is 12.7. The molecule has 8 nitrogen and oxygen atoms in total. The first-order valence-corrected chi connectivity index (χ1v) is 7.77. The van der Waals surface area contributed by atoms with E-state index in [1.165, 1.54) is 0 Å². The van der Waals surface area contributed by atoms with Crippen LogP contribution in [0, 0.1) is 0 Å². The largest absolute Gasteiger partial charge is 0.444 e. The Labute approximate surface area is 136 Å².